The van der Waals surface area contributed by atoms with Crippen molar-refractivity contribution in [1.82, 2.24) is 4.90 Å². The van der Waals surface area contributed by atoms with Crippen LogP contribution >= 0.6 is 0 Å². The molecule has 1 aromatic rings. The zero-order valence-corrected chi connectivity index (χ0v) is 12.1. The fourth-order valence-electron chi connectivity index (χ4n) is 1.03. The summed E-state index contributed by atoms with van der Waals surface area (Å²) in [6, 6.07) is 10.0. The number of carbonyl (C=O) groups is 1. The average molecular weight is 261 g/mol. The number of likely N-dealkylation sites (N-methyl/N-ethyl adjacent to an activating group) is 1. The van der Waals surface area contributed by atoms with E-state index in [4.69, 9.17) is 4.74 Å². The Morgan fingerprint density at radius 1 is 1.32 bits per heavy atom. The highest BCUT2D eigenvalue weighted by atomic mass is 16.5. The third-order valence-corrected chi connectivity index (χ3v) is 2.16. The second kappa shape index (κ2) is 10.1. The molecule has 0 fully saturated rings. The summed E-state index contributed by atoms with van der Waals surface area (Å²) in [5, 5.41) is 0. The normalized spacial score (nSPS) is 9.26. The Morgan fingerprint density at radius 2 is 1.89 bits per heavy atom. The molecule has 0 N–H and O–H groups in total. The monoisotopic (exact) mass is 261 g/mol. The summed E-state index contributed by atoms with van der Waals surface area (Å²) in [5.74, 6) is -0.313. The predicted octanol–water partition coefficient (Wildman–Crippen LogP) is 3.00. The van der Waals surface area contributed by atoms with Crippen molar-refractivity contribution in [2.24, 2.45) is 0 Å². The maximum Gasteiger partial charge on any atom is 0.333 e. The first kappa shape index (κ1) is 17.1. The topological polar surface area (TPSA) is 29.5 Å². The first-order valence-electron chi connectivity index (χ1n) is 6.12. The van der Waals surface area contributed by atoms with Gasteiger partial charge in [-0.1, -0.05) is 49.6 Å². The van der Waals surface area contributed by atoms with Gasteiger partial charge in [-0.15, -0.1) is 0 Å². The Kier molecular flexibility index (Phi) is 9.10. The molecule has 0 aliphatic heterocycles. The van der Waals surface area contributed by atoms with Gasteiger partial charge >= 0.3 is 5.97 Å². The predicted molar refractivity (Wildman–Crippen MR) is 80.9 cm³/mol. The summed E-state index contributed by atoms with van der Waals surface area (Å²) < 4.78 is 4.83. The van der Waals surface area contributed by atoms with Gasteiger partial charge in [-0.3, -0.25) is 0 Å². The van der Waals surface area contributed by atoms with Crippen molar-refractivity contribution in [3.8, 4) is 0 Å². The van der Waals surface area contributed by atoms with Crippen LogP contribution in [0.4, 0.5) is 0 Å². The van der Waals surface area contributed by atoms with Gasteiger partial charge in [0.25, 0.3) is 0 Å². The molecule has 0 unspecified atom stereocenters. The van der Waals surface area contributed by atoms with Gasteiger partial charge in [-0.2, -0.15) is 0 Å². The maximum atomic E-state index is 10.8. The molecule has 0 bridgehead atoms. The minimum absolute atomic E-state index is 0.313. The standard InChI is InChI=1S/C8H15NO2.C8H8/c1-7(2)8(10)11-6-5-9(3)4;1-2-8-6-4-3-5-7-8/h1,5-6H2,2-4H3;2-7H,1H2. The van der Waals surface area contributed by atoms with Crippen molar-refractivity contribution in [3.05, 3.63) is 54.6 Å². The van der Waals surface area contributed by atoms with Gasteiger partial charge < -0.3 is 9.64 Å². The number of rotatable bonds is 5. The highest BCUT2D eigenvalue weighted by Crippen LogP contribution is 1.97. The lowest BCUT2D eigenvalue weighted by Crippen LogP contribution is -2.20. The molecular weight excluding hydrogens is 238 g/mol. The number of carbonyl (C=O) groups excluding carboxylic acids is 1. The van der Waals surface area contributed by atoms with Gasteiger partial charge in [0.05, 0.1) is 0 Å². The summed E-state index contributed by atoms with van der Waals surface area (Å²) in [6.45, 7) is 9.91. The van der Waals surface area contributed by atoms with Crippen molar-refractivity contribution in [2.75, 3.05) is 27.2 Å². The van der Waals surface area contributed by atoms with Crippen molar-refractivity contribution in [2.45, 2.75) is 6.92 Å². The summed E-state index contributed by atoms with van der Waals surface area (Å²) >= 11 is 0. The molecule has 0 saturated heterocycles. The smallest absolute Gasteiger partial charge is 0.333 e. The van der Waals surface area contributed by atoms with E-state index in [1.54, 1.807) is 6.92 Å². The van der Waals surface area contributed by atoms with E-state index in [2.05, 4.69) is 13.2 Å². The lowest BCUT2D eigenvalue weighted by atomic mass is 10.2. The second-order valence-electron chi connectivity index (χ2n) is 4.33. The molecule has 3 nitrogen and oxygen atoms in total. The Balaban J connectivity index is 0.000000356. The summed E-state index contributed by atoms with van der Waals surface area (Å²) in [4.78, 5) is 12.7. The van der Waals surface area contributed by atoms with Crippen LogP contribution in [0.1, 0.15) is 12.5 Å². The number of nitrogens with zero attached hydrogens (tertiary/aromatic N) is 1. The lowest BCUT2D eigenvalue weighted by molar-refractivity contribution is -0.139. The summed E-state index contributed by atoms with van der Waals surface area (Å²) in [6.07, 6.45) is 1.83. The van der Waals surface area contributed by atoms with E-state index < -0.39 is 0 Å². The van der Waals surface area contributed by atoms with Crippen LogP contribution in [0, 0.1) is 0 Å². The number of hydrogen-bond donors (Lipinski definition) is 0. The van der Waals surface area contributed by atoms with Crippen LogP contribution in [0.2, 0.25) is 0 Å². The van der Waals surface area contributed by atoms with E-state index >= 15 is 0 Å². The zero-order valence-electron chi connectivity index (χ0n) is 12.1. The van der Waals surface area contributed by atoms with E-state index in [-0.39, 0.29) is 5.97 Å². The van der Waals surface area contributed by atoms with Gasteiger partial charge in [0, 0.05) is 12.1 Å². The van der Waals surface area contributed by atoms with Crippen LogP contribution in [-0.4, -0.2) is 38.1 Å². The Hall–Kier alpha value is -1.87. The van der Waals surface area contributed by atoms with Crippen LogP contribution < -0.4 is 0 Å². The maximum absolute atomic E-state index is 10.8. The Labute approximate surface area is 116 Å². The molecule has 0 spiro atoms. The first-order chi connectivity index (χ1) is 8.97. The van der Waals surface area contributed by atoms with Crippen LogP contribution in [0.3, 0.4) is 0 Å². The zero-order chi connectivity index (χ0) is 14.7. The van der Waals surface area contributed by atoms with Crippen LogP contribution in [0.25, 0.3) is 6.08 Å². The molecule has 0 atom stereocenters. The highest BCUT2D eigenvalue weighted by Gasteiger charge is 2.01. The van der Waals surface area contributed by atoms with Crippen molar-refractivity contribution in [3.63, 3.8) is 0 Å². The Morgan fingerprint density at radius 3 is 2.26 bits per heavy atom. The van der Waals surface area contributed by atoms with Gasteiger partial charge in [0.2, 0.25) is 0 Å². The number of esters is 1. The fourth-order valence-corrected chi connectivity index (χ4v) is 1.03. The molecule has 0 saturated carbocycles. The third kappa shape index (κ3) is 9.80. The molecule has 0 radical (unpaired) electrons. The van der Waals surface area contributed by atoms with E-state index in [0.29, 0.717) is 12.2 Å². The molecule has 0 aliphatic rings. The number of ether oxygens (including phenoxy) is 1. The second-order valence-corrected chi connectivity index (χ2v) is 4.33. The third-order valence-electron chi connectivity index (χ3n) is 2.16. The molecule has 0 aliphatic carbocycles. The average Bonchev–Trinajstić information content (AvgIpc) is 2.39. The summed E-state index contributed by atoms with van der Waals surface area (Å²) in [5.41, 5.74) is 1.62. The van der Waals surface area contributed by atoms with Gasteiger partial charge in [0.15, 0.2) is 0 Å². The highest BCUT2D eigenvalue weighted by molar-refractivity contribution is 5.86. The van der Waals surface area contributed by atoms with Crippen LogP contribution in [-0.2, 0) is 9.53 Å². The minimum atomic E-state index is -0.313. The first-order valence-corrected chi connectivity index (χ1v) is 6.12. The molecule has 19 heavy (non-hydrogen) atoms. The van der Waals surface area contributed by atoms with Crippen molar-refractivity contribution < 1.29 is 9.53 Å². The molecule has 0 amide bonds. The van der Waals surface area contributed by atoms with Crippen molar-refractivity contribution in [1.29, 1.82) is 0 Å². The molecule has 3 heteroatoms. The quantitative estimate of drug-likeness (QED) is 0.603. The Bertz CT molecular complexity index is 396. The molecule has 1 rings (SSSR count). The van der Waals surface area contributed by atoms with Crippen LogP contribution in [0.5, 0.6) is 0 Å². The van der Waals surface area contributed by atoms with Gasteiger partial charge in [-0.05, 0) is 26.6 Å². The van der Waals surface area contributed by atoms with Crippen LogP contribution in [0.15, 0.2) is 49.1 Å². The molecule has 104 valence electrons. The largest absolute Gasteiger partial charge is 0.461 e. The van der Waals surface area contributed by atoms with E-state index in [0.717, 1.165) is 6.54 Å². The molecule has 0 heterocycles. The lowest BCUT2D eigenvalue weighted by Gasteiger charge is -2.09. The SMILES string of the molecule is C=C(C)C(=O)OCCN(C)C.C=Cc1ccccc1. The fraction of sp³-hybridized carbons (Fsp3) is 0.312. The van der Waals surface area contributed by atoms with E-state index in [1.165, 1.54) is 5.56 Å². The van der Waals surface area contributed by atoms with Gasteiger partial charge in [0.1, 0.15) is 6.61 Å². The molecule has 0 aromatic heterocycles. The minimum Gasteiger partial charge on any atom is -0.461 e. The molecule has 1 aromatic carbocycles. The van der Waals surface area contributed by atoms with Crippen molar-refractivity contribution >= 4 is 12.0 Å². The van der Waals surface area contributed by atoms with E-state index in [9.17, 15) is 4.79 Å². The van der Waals surface area contributed by atoms with E-state index in [1.807, 2.05) is 55.4 Å². The number of hydrogen-bond acceptors (Lipinski definition) is 3. The van der Waals surface area contributed by atoms with Gasteiger partial charge in [-0.25, -0.2) is 4.79 Å². The number of benzene rings is 1. The molecular formula is C16H23NO2. The summed E-state index contributed by atoms with van der Waals surface area (Å²) in [7, 11) is 3.85.